The second-order valence-corrected chi connectivity index (χ2v) is 1.55. The van der Waals surface area contributed by atoms with E-state index in [0.29, 0.717) is 0 Å². The monoisotopic (exact) mass is 153 g/mol. The number of aliphatic imine (C=N–C) groups is 1. The van der Waals surface area contributed by atoms with Crippen LogP contribution in [0.5, 0.6) is 0 Å². The molecule has 0 aliphatic carbocycles. The van der Waals surface area contributed by atoms with Gasteiger partial charge in [-0.05, 0) is 5.53 Å². The highest BCUT2D eigenvalue weighted by atomic mass is 16.5. The van der Waals surface area contributed by atoms with E-state index in [9.17, 15) is 0 Å². The van der Waals surface area contributed by atoms with Gasteiger partial charge in [0.25, 0.3) is 0 Å². The Morgan fingerprint density at radius 2 is 2.64 bits per heavy atom. The second kappa shape index (κ2) is 6.39. The summed E-state index contributed by atoms with van der Waals surface area (Å²) in [5.74, 6) is 0. The lowest BCUT2D eigenvalue weighted by molar-refractivity contribution is 0.419. The fourth-order valence-electron chi connectivity index (χ4n) is 0.369. The molecule has 0 spiro atoms. The normalized spacial score (nSPS) is 11.6. The van der Waals surface area contributed by atoms with Crippen molar-refractivity contribution < 1.29 is 4.74 Å². The lowest BCUT2D eigenvalue weighted by Gasteiger charge is -1.94. The first-order valence-electron chi connectivity index (χ1n) is 2.80. The Hall–Kier alpha value is -1.73. The van der Waals surface area contributed by atoms with E-state index in [4.69, 9.17) is 10.8 Å². The molecular weight excluding hydrogens is 146 g/mol. The van der Waals surface area contributed by atoms with Crippen LogP contribution in [0.3, 0.4) is 0 Å². The van der Waals surface area contributed by atoms with Crippen LogP contribution in [0.15, 0.2) is 10.1 Å². The molecule has 1 atom stereocenters. The second-order valence-electron chi connectivity index (χ2n) is 1.55. The molecule has 0 aromatic carbocycles. The molecule has 0 saturated carbocycles. The Labute approximate surface area is 63.7 Å². The Bertz CT molecular complexity index is 211. The van der Waals surface area contributed by atoms with Crippen molar-refractivity contribution >= 4 is 6.40 Å². The van der Waals surface area contributed by atoms with Gasteiger partial charge in [0, 0.05) is 4.91 Å². The minimum atomic E-state index is -0.647. The first-order valence-corrected chi connectivity index (χ1v) is 2.80. The molecule has 6 nitrogen and oxygen atoms in total. The summed E-state index contributed by atoms with van der Waals surface area (Å²) in [5, 5.41) is 11.6. The average Bonchev–Trinajstić information content (AvgIpc) is 2.05. The molecule has 11 heavy (non-hydrogen) atoms. The van der Waals surface area contributed by atoms with E-state index in [1.165, 1.54) is 7.11 Å². The van der Waals surface area contributed by atoms with Gasteiger partial charge in [-0.2, -0.15) is 5.26 Å². The summed E-state index contributed by atoms with van der Waals surface area (Å²) in [6.07, 6.45) is 1.14. The third-order valence-corrected chi connectivity index (χ3v) is 0.813. The van der Waals surface area contributed by atoms with E-state index in [2.05, 4.69) is 19.8 Å². The van der Waals surface area contributed by atoms with Crippen LogP contribution in [-0.2, 0) is 4.74 Å². The van der Waals surface area contributed by atoms with Crippen LogP contribution >= 0.6 is 0 Å². The molecular formula is C5H7N5O. The van der Waals surface area contributed by atoms with E-state index in [-0.39, 0.29) is 6.54 Å². The topological polar surface area (TPSA) is 94.1 Å². The quantitative estimate of drug-likeness (QED) is 0.197. The molecule has 0 amide bonds. The number of hydrogen-bond acceptors (Lipinski definition) is 4. The minimum absolute atomic E-state index is 0.0346. The number of nitriles is 1. The van der Waals surface area contributed by atoms with Crippen molar-refractivity contribution in [3.63, 3.8) is 0 Å². The number of ether oxygens (including phenoxy) is 1. The van der Waals surface area contributed by atoms with Gasteiger partial charge in [0.15, 0.2) is 6.40 Å². The van der Waals surface area contributed by atoms with Crippen molar-refractivity contribution in [3.8, 4) is 6.07 Å². The standard InChI is InChI=1S/C5H7N5O/c1-11-4-8-5(2-6)3-9-10-7/h4-5H,3H2,1H3/t5-/m1/s1. The number of nitrogens with zero attached hydrogens (tertiary/aromatic N) is 5. The summed E-state index contributed by atoms with van der Waals surface area (Å²) in [6.45, 7) is 0.0346. The lowest BCUT2D eigenvalue weighted by atomic mass is 10.3. The lowest BCUT2D eigenvalue weighted by Crippen LogP contribution is -2.05. The molecule has 0 aliphatic heterocycles. The smallest absolute Gasteiger partial charge is 0.170 e. The first kappa shape index (κ1) is 9.27. The molecule has 0 aromatic heterocycles. The van der Waals surface area contributed by atoms with Crippen molar-refractivity contribution in [2.45, 2.75) is 6.04 Å². The molecule has 0 N–H and O–H groups in total. The zero-order chi connectivity index (χ0) is 8.53. The number of hydrogen-bond donors (Lipinski definition) is 0. The van der Waals surface area contributed by atoms with E-state index in [1.807, 2.05) is 6.07 Å². The van der Waals surface area contributed by atoms with Gasteiger partial charge >= 0.3 is 0 Å². The van der Waals surface area contributed by atoms with Gasteiger partial charge in [-0.25, -0.2) is 4.99 Å². The third-order valence-electron chi connectivity index (χ3n) is 0.813. The van der Waals surface area contributed by atoms with Crippen LogP contribution in [-0.4, -0.2) is 26.1 Å². The molecule has 58 valence electrons. The summed E-state index contributed by atoms with van der Waals surface area (Å²) >= 11 is 0. The molecule has 0 fully saturated rings. The molecule has 0 heterocycles. The van der Waals surface area contributed by atoms with E-state index >= 15 is 0 Å². The Morgan fingerprint density at radius 1 is 1.91 bits per heavy atom. The van der Waals surface area contributed by atoms with Gasteiger partial charge in [0.05, 0.1) is 19.7 Å². The highest BCUT2D eigenvalue weighted by Crippen LogP contribution is 1.88. The van der Waals surface area contributed by atoms with Crippen LogP contribution in [0.25, 0.3) is 10.4 Å². The number of azide groups is 1. The SMILES string of the molecule is COC=N[C@H](C#N)CN=[N+]=[N-]. The summed E-state index contributed by atoms with van der Waals surface area (Å²) in [4.78, 5) is 6.12. The van der Waals surface area contributed by atoms with E-state index in [0.717, 1.165) is 6.40 Å². The summed E-state index contributed by atoms with van der Waals surface area (Å²) in [6, 6.07) is 1.18. The van der Waals surface area contributed by atoms with Gasteiger partial charge in [-0.15, -0.1) is 0 Å². The molecule has 0 saturated heterocycles. The minimum Gasteiger partial charge on any atom is -0.487 e. The van der Waals surface area contributed by atoms with Crippen LogP contribution in [0.1, 0.15) is 0 Å². The average molecular weight is 153 g/mol. The van der Waals surface area contributed by atoms with Crippen molar-refractivity contribution in [2.75, 3.05) is 13.7 Å². The maximum Gasteiger partial charge on any atom is 0.170 e. The molecule has 0 rings (SSSR count). The summed E-state index contributed by atoms with van der Waals surface area (Å²) in [7, 11) is 1.42. The van der Waals surface area contributed by atoms with Crippen LogP contribution in [0.4, 0.5) is 0 Å². The van der Waals surface area contributed by atoms with Crippen molar-refractivity contribution in [1.82, 2.24) is 0 Å². The van der Waals surface area contributed by atoms with Gasteiger partial charge in [0.2, 0.25) is 0 Å². The van der Waals surface area contributed by atoms with Crippen molar-refractivity contribution in [2.24, 2.45) is 10.1 Å². The van der Waals surface area contributed by atoms with E-state index in [1.54, 1.807) is 0 Å². The van der Waals surface area contributed by atoms with Crippen LogP contribution in [0, 0.1) is 11.3 Å². The summed E-state index contributed by atoms with van der Waals surface area (Å²) < 4.78 is 4.48. The van der Waals surface area contributed by atoms with Gasteiger partial charge in [0.1, 0.15) is 6.04 Å². The largest absolute Gasteiger partial charge is 0.487 e. The van der Waals surface area contributed by atoms with Gasteiger partial charge in [-0.1, -0.05) is 5.11 Å². The van der Waals surface area contributed by atoms with Crippen LogP contribution in [0.2, 0.25) is 0 Å². The summed E-state index contributed by atoms with van der Waals surface area (Å²) in [5.41, 5.74) is 7.90. The zero-order valence-electron chi connectivity index (χ0n) is 6.01. The predicted molar refractivity (Wildman–Crippen MR) is 38.9 cm³/mol. The van der Waals surface area contributed by atoms with Crippen molar-refractivity contribution in [3.05, 3.63) is 10.4 Å². The molecule has 0 radical (unpaired) electrons. The number of rotatable bonds is 4. The highest BCUT2D eigenvalue weighted by molar-refractivity contribution is 5.46. The molecule has 0 unspecified atom stereocenters. The maximum atomic E-state index is 8.38. The Morgan fingerprint density at radius 3 is 3.09 bits per heavy atom. The highest BCUT2D eigenvalue weighted by Gasteiger charge is 1.99. The Kier molecular flexibility index (Phi) is 5.39. The molecule has 6 heteroatoms. The maximum absolute atomic E-state index is 8.38. The number of methoxy groups -OCH3 is 1. The molecule has 0 bridgehead atoms. The third kappa shape index (κ3) is 4.75. The molecule has 0 aromatic rings. The van der Waals surface area contributed by atoms with Gasteiger partial charge < -0.3 is 4.74 Å². The van der Waals surface area contributed by atoms with Crippen LogP contribution < -0.4 is 0 Å². The molecule has 0 aliphatic rings. The van der Waals surface area contributed by atoms with Gasteiger partial charge in [-0.3, -0.25) is 0 Å². The van der Waals surface area contributed by atoms with Crippen molar-refractivity contribution in [1.29, 1.82) is 5.26 Å². The predicted octanol–water partition coefficient (Wildman–Crippen LogP) is 0.864. The first-order chi connectivity index (χ1) is 5.35. The zero-order valence-corrected chi connectivity index (χ0v) is 6.01. The fraction of sp³-hybridized carbons (Fsp3) is 0.600. The van der Waals surface area contributed by atoms with E-state index < -0.39 is 6.04 Å². The Balaban J connectivity index is 3.88. The fourth-order valence-corrected chi connectivity index (χ4v) is 0.369.